The summed E-state index contributed by atoms with van der Waals surface area (Å²) in [5.74, 6) is 0.0895. The van der Waals surface area contributed by atoms with Crippen LogP contribution in [0.15, 0.2) is 18.2 Å². The molecule has 0 radical (unpaired) electrons. The van der Waals surface area contributed by atoms with Crippen molar-refractivity contribution in [1.29, 1.82) is 0 Å². The molecule has 5 nitrogen and oxygen atoms in total. The molecule has 3 rings (SSSR count). The average molecular weight is 345 g/mol. The molecule has 0 aromatic carbocycles. The van der Waals surface area contributed by atoms with Gasteiger partial charge >= 0.3 is 0 Å². The van der Waals surface area contributed by atoms with Crippen molar-refractivity contribution in [2.75, 3.05) is 20.6 Å². The number of carbonyl (C=O) groups excluding carboxylic acids is 1. The van der Waals surface area contributed by atoms with E-state index >= 15 is 0 Å². The van der Waals surface area contributed by atoms with Gasteiger partial charge in [0.2, 0.25) is 5.91 Å². The molecule has 5 heteroatoms. The van der Waals surface area contributed by atoms with Crippen molar-refractivity contribution in [2.24, 2.45) is 0 Å². The molecule has 2 heterocycles. The van der Waals surface area contributed by atoms with Crippen molar-refractivity contribution < 1.29 is 9.90 Å². The van der Waals surface area contributed by atoms with E-state index in [4.69, 9.17) is 4.98 Å². The minimum absolute atomic E-state index is 0.0572. The molecule has 0 unspecified atom stereocenters. The van der Waals surface area contributed by atoms with Gasteiger partial charge in [0.05, 0.1) is 29.5 Å². The summed E-state index contributed by atoms with van der Waals surface area (Å²) in [4.78, 5) is 21.7. The number of likely N-dealkylation sites (tertiary alicyclic amines) is 1. The molecule has 1 saturated carbocycles. The van der Waals surface area contributed by atoms with Crippen LogP contribution in [0.4, 0.5) is 0 Å². The summed E-state index contributed by atoms with van der Waals surface area (Å²) in [6.45, 7) is 1.58. The predicted octanol–water partition coefficient (Wildman–Crippen LogP) is 2.89. The zero-order valence-corrected chi connectivity index (χ0v) is 15.6. The fourth-order valence-electron chi connectivity index (χ4n) is 4.24. The van der Waals surface area contributed by atoms with Crippen molar-refractivity contribution in [3.05, 3.63) is 29.6 Å². The highest BCUT2D eigenvalue weighted by Gasteiger charge is 2.37. The Morgan fingerprint density at radius 3 is 2.76 bits per heavy atom. The van der Waals surface area contributed by atoms with E-state index in [1.54, 1.807) is 0 Å². The molecule has 138 valence electrons. The van der Waals surface area contributed by atoms with Crippen LogP contribution in [0.5, 0.6) is 0 Å². The molecule has 1 amide bonds. The molecule has 1 aliphatic carbocycles. The Morgan fingerprint density at radius 2 is 2.04 bits per heavy atom. The number of carbonyl (C=O) groups is 1. The van der Waals surface area contributed by atoms with Crippen LogP contribution in [0, 0.1) is 0 Å². The normalized spacial score (nSPS) is 23.2. The number of aliphatic hydroxyl groups is 1. The van der Waals surface area contributed by atoms with Gasteiger partial charge in [-0.25, -0.2) is 0 Å². The van der Waals surface area contributed by atoms with Gasteiger partial charge in [-0.15, -0.1) is 0 Å². The van der Waals surface area contributed by atoms with Gasteiger partial charge in [-0.05, 0) is 51.9 Å². The largest absolute Gasteiger partial charge is 0.389 e. The summed E-state index contributed by atoms with van der Waals surface area (Å²) in [5, 5.41) is 10.7. The quantitative estimate of drug-likeness (QED) is 0.891. The molecule has 25 heavy (non-hydrogen) atoms. The molecule has 2 fully saturated rings. The van der Waals surface area contributed by atoms with E-state index in [-0.39, 0.29) is 18.4 Å². The smallest absolute Gasteiger partial charge is 0.226 e. The fourth-order valence-corrected chi connectivity index (χ4v) is 4.24. The molecule has 0 bridgehead atoms. The number of rotatable bonds is 5. The van der Waals surface area contributed by atoms with Crippen LogP contribution in [0.2, 0.25) is 0 Å². The maximum absolute atomic E-state index is 12.9. The van der Waals surface area contributed by atoms with Crippen molar-refractivity contribution in [3.8, 4) is 0 Å². The first kappa shape index (κ1) is 18.3. The topological polar surface area (TPSA) is 56.7 Å². The van der Waals surface area contributed by atoms with Gasteiger partial charge in [-0.2, -0.15) is 0 Å². The summed E-state index contributed by atoms with van der Waals surface area (Å²) in [6, 6.07) is 6.17. The lowest BCUT2D eigenvalue weighted by Crippen LogP contribution is -2.40. The van der Waals surface area contributed by atoms with Gasteiger partial charge in [0.15, 0.2) is 0 Å². The van der Waals surface area contributed by atoms with Crippen LogP contribution in [0.1, 0.15) is 68.8 Å². The maximum atomic E-state index is 12.9. The van der Waals surface area contributed by atoms with Gasteiger partial charge in [0.1, 0.15) is 0 Å². The van der Waals surface area contributed by atoms with Crippen molar-refractivity contribution >= 4 is 5.91 Å². The van der Waals surface area contributed by atoms with Crippen molar-refractivity contribution in [1.82, 2.24) is 14.8 Å². The van der Waals surface area contributed by atoms with Crippen molar-refractivity contribution in [2.45, 2.75) is 69.6 Å². The van der Waals surface area contributed by atoms with E-state index < -0.39 is 5.60 Å². The Morgan fingerprint density at radius 1 is 1.28 bits per heavy atom. The van der Waals surface area contributed by atoms with Crippen LogP contribution in [-0.4, -0.2) is 52.0 Å². The Kier molecular flexibility index (Phi) is 5.74. The third-order valence-corrected chi connectivity index (χ3v) is 5.49. The first-order valence-electron chi connectivity index (χ1n) is 9.59. The zero-order chi connectivity index (χ0) is 17.9. The maximum Gasteiger partial charge on any atom is 0.226 e. The van der Waals surface area contributed by atoms with Crippen LogP contribution < -0.4 is 0 Å². The number of hydrogen-bond acceptors (Lipinski definition) is 4. The molecule has 1 atom stereocenters. The second kappa shape index (κ2) is 7.83. The van der Waals surface area contributed by atoms with Crippen molar-refractivity contribution in [3.63, 3.8) is 0 Å². The number of nitrogens with zero attached hydrogens (tertiary/aromatic N) is 3. The minimum atomic E-state index is -0.789. The van der Waals surface area contributed by atoms with E-state index in [1.807, 2.05) is 37.2 Å². The first-order chi connectivity index (χ1) is 12.0. The molecule has 1 aromatic heterocycles. The highest BCUT2D eigenvalue weighted by molar-refractivity contribution is 5.78. The highest BCUT2D eigenvalue weighted by Crippen LogP contribution is 2.35. The fraction of sp³-hybridized carbons (Fsp3) is 0.700. The van der Waals surface area contributed by atoms with Crippen LogP contribution in [0.25, 0.3) is 0 Å². The lowest BCUT2D eigenvalue weighted by molar-refractivity contribution is -0.138. The van der Waals surface area contributed by atoms with Gasteiger partial charge in [0, 0.05) is 13.1 Å². The van der Waals surface area contributed by atoms with Gasteiger partial charge in [-0.3, -0.25) is 9.78 Å². The summed E-state index contributed by atoms with van der Waals surface area (Å²) in [5.41, 5.74) is 1.23. The Hall–Kier alpha value is -1.46. The van der Waals surface area contributed by atoms with E-state index in [1.165, 1.54) is 6.42 Å². The zero-order valence-electron chi connectivity index (χ0n) is 15.6. The minimum Gasteiger partial charge on any atom is -0.389 e. The van der Waals surface area contributed by atoms with Crippen LogP contribution in [-0.2, 0) is 11.3 Å². The van der Waals surface area contributed by atoms with Crippen LogP contribution >= 0.6 is 0 Å². The lowest BCUT2D eigenvalue weighted by atomic mass is 9.82. The predicted molar refractivity (Wildman–Crippen MR) is 98.0 cm³/mol. The molecule has 1 saturated heterocycles. The first-order valence-corrected chi connectivity index (χ1v) is 9.59. The third kappa shape index (κ3) is 4.59. The summed E-state index contributed by atoms with van der Waals surface area (Å²) < 4.78 is 0. The molecule has 1 aliphatic heterocycles. The Labute approximate surface area is 151 Å². The highest BCUT2D eigenvalue weighted by atomic mass is 16.3. The molecule has 2 aliphatic rings. The van der Waals surface area contributed by atoms with Gasteiger partial charge in [-0.1, -0.05) is 25.3 Å². The van der Waals surface area contributed by atoms with E-state index in [0.717, 1.165) is 63.0 Å². The second-order valence-corrected chi connectivity index (χ2v) is 8.00. The van der Waals surface area contributed by atoms with E-state index in [9.17, 15) is 9.90 Å². The lowest BCUT2D eigenvalue weighted by Gasteiger charge is -2.34. The molecular weight excluding hydrogens is 314 g/mol. The summed E-state index contributed by atoms with van der Waals surface area (Å²) in [7, 11) is 4.06. The molecular formula is C20H31N3O2. The summed E-state index contributed by atoms with van der Waals surface area (Å²) in [6.07, 6.45) is 6.98. The Bertz CT molecular complexity index is 596. The number of pyridine rings is 1. The average Bonchev–Trinajstić information content (AvgIpc) is 3.04. The summed E-state index contributed by atoms with van der Waals surface area (Å²) >= 11 is 0. The van der Waals surface area contributed by atoms with E-state index in [0.29, 0.717) is 0 Å². The van der Waals surface area contributed by atoms with Crippen LogP contribution in [0.3, 0.4) is 0 Å². The third-order valence-electron chi connectivity index (χ3n) is 5.49. The molecule has 1 N–H and O–H groups in total. The number of aromatic nitrogens is 1. The van der Waals surface area contributed by atoms with Gasteiger partial charge in [0.25, 0.3) is 0 Å². The van der Waals surface area contributed by atoms with Gasteiger partial charge < -0.3 is 14.9 Å². The Balaban J connectivity index is 1.70. The second-order valence-electron chi connectivity index (χ2n) is 8.00. The van der Waals surface area contributed by atoms with E-state index in [2.05, 4.69) is 4.90 Å². The SMILES string of the molecule is CN(C)Cc1cccc([C@H]2CCCN2C(=O)CC2(O)CCCCC2)n1. The molecule has 1 aromatic rings. The molecule has 0 spiro atoms. The monoisotopic (exact) mass is 345 g/mol. The number of hydrogen-bond donors (Lipinski definition) is 1. The standard InChI is InChI=1S/C20H31N3O2/c1-22(2)15-16-8-6-9-17(21-16)18-10-7-13-23(18)19(24)14-20(25)11-4-3-5-12-20/h6,8-9,18,25H,3-5,7,10-15H2,1-2H3/t18-/m1/s1. The number of amides is 1.